The van der Waals surface area contributed by atoms with Gasteiger partial charge in [0, 0.05) is 21.9 Å². The molecule has 2 aromatic rings. The van der Waals surface area contributed by atoms with Crippen LogP contribution in [0.15, 0.2) is 30.6 Å². The molecule has 0 saturated heterocycles. The molecule has 0 unspecified atom stereocenters. The molecule has 0 aliphatic carbocycles. The average Bonchev–Trinajstić information content (AvgIpc) is 2.38. The van der Waals surface area contributed by atoms with Crippen molar-refractivity contribution < 1.29 is 0 Å². The third-order valence-electron chi connectivity index (χ3n) is 2.62. The first-order valence-corrected chi connectivity index (χ1v) is 6.86. The van der Waals surface area contributed by atoms with Crippen molar-refractivity contribution >= 4 is 39.9 Å². The van der Waals surface area contributed by atoms with Crippen LogP contribution in [0.2, 0.25) is 0 Å². The smallest absolute Gasteiger partial charge is 0.139 e. The molecule has 0 atom stereocenters. The summed E-state index contributed by atoms with van der Waals surface area (Å²) < 4.78 is 1.19. The van der Waals surface area contributed by atoms with E-state index in [0.717, 1.165) is 29.3 Å². The summed E-state index contributed by atoms with van der Waals surface area (Å²) >= 11 is 2.30. The first kappa shape index (κ1) is 13.1. The lowest BCUT2D eigenvalue weighted by Crippen LogP contribution is -2.04. The van der Waals surface area contributed by atoms with Gasteiger partial charge >= 0.3 is 0 Å². The second-order valence-corrected chi connectivity index (χ2v) is 5.03. The topological polar surface area (TPSA) is 49.8 Å². The zero-order chi connectivity index (χ0) is 13.0. The molecule has 0 aliphatic heterocycles. The molecule has 1 aromatic heterocycles. The van der Waals surface area contributed by atoms with E-state index in [9.17, 15) is 0 Å². The van der Waals surface area contributed by atoms with Gasteiger partial charge in [0.15, 0.2) is 0 Å². The highest BCUT2D eigenvalue weighted by atomic mass is 127. The Balaban J connectivity index is 2.34. The molecule has 2 N–H and O–H groups in total. The van der Waals surface area contributed by atoms with Gasteiger partial charge in [-0.05, 0) is 47.2 Å². The van der Waals surface area contributed by atoms with Crippen molar-refractivity contribution in [3.05, 3.63) is 39.7 Å². The highest BCUT2D eigenvalue weighted by Gasteiger charge is 2.08. The molecular weight excluding hydrogens is 339 g/mol. The van der Waals surface area contributed by atoms with Crippen molar-refractivity contribution in [2.24, 2.45) is 0 Å². The molecule has 4 nitrogen and oxygen atoms in total. The van der Waals surface area contributed by atoms with Crippen LogP contribution < -0.4 is 10.6 Å². The predicted octanol–water partition coefficient (Wildman–Crippen LogP) is 3.43. The highest BCUT2D eigenvalue weighted by molar-refractivity contribution is 14.1. The third-order valence-corrected chi connectivity index (χ3v) is 3.29. The van der Waals surface area contributed by atoms with Gasteiger partial charge in [0.2, 0.25) is 0 Å². The Morgan fingerprint density at radius 1 is 1.22 bits per heavy atom. The van der Waals surface area contributed by atoms with Crippen LogP contribution in [0.1, 0.15) is 12.5 Å². The molecule has 0 amide bonds. The Kier molecular flexibility index (Phi) is 4.35. The van der Waals surface area contributed by atoms with Gasteiger partial charge in [0.1, 0.15) is 18.0 Å². The van der Waals surface area contributed by atoms with Crippen molar-refractivity contribution in [2.75, 3.05) is 17.7 Å². The molecule has 0 radical (unpaired) electrons. The van der Waals surface area contributed by atoms with Gasteiger partial charge in [-0.2, -0.15) is 0 Å². The van der Waals surface area contributed by atoms with Crippen molar-refractivity contribution in [1.29, 1.82) is 0 Å². The lowest BCUT2D eigenvalue weighted by molar-refractivity contribution is 1.05. The highest BCUT2D eigenvalue weighted by Crippen LogP contribution is 2.24. The van der Waals surface area contributed by atoms with E-state index in [1.54, 1.807) is 6.33 Å². The van der Waals surface area contributed by atoms with Gasteiger partial charge in [-0.1, -0.05) is 13.0 Å². The summed E-state index contributed by atoms with van der Waals surface area (Å²) in [5.41, 5.74) is 2.14. The van der Waals surface area contributed by atoms with Crippen molar-refractivity contribution in [3.63, 3.8) is 0 Å². The van der Waals surface area contributed by atoms with Crippen LogP contribution in [0, 0.1) is 3.57 Å². The monoisotopic (exact) mass is 354 g/mol. The largest absolute Gasteiger partial charge is 0.373 e. The maximum atomic E-state index is 4.32. The standard InChI is InChI=1S/C13H15IN4/c1-3-11-12(15-2)16-8-17-13(11)18-10-6-4-5-9(14)7-10/h4-8H,3H2,1-2H3,(H2,15,16,17,18). The number of anilines is 3. The molecule has 1 heterocycles. The average molecular weight is 354 g/mol. The van der Waals surface area contributed by atoms with Gasteiger partial charge in [0.25, 0.3) is 0 Å². The predicted molar refractivity (Wildman–Crippen MR) is 83.4 cm³/mol. The lowest BCUT2D eigenvalue weighted by Gasteiger charge is -2.12. The van der Waals surface area contributed by atoms with E-state index in [2.05, 4.69) is 62.2 Å². The molecule has 0 spiro atoms. The minimum absolute atomic E-state index is 0.860. The zero-order valence-corrected chi connectivity index (χ0v) is 12.5. The van der Waals surface area contributed by atoms with Crippen LogP contribution in [-0.2, 0) is 6.42 Å². The molecule has 2 rings (SSSR count). The van der Waals surface area contributed by atoms with Gasteiger partial charge in [0.05, 0.1) is 0 Å². The Hall–Kier alpha value is -1.37. The Labute approximate surface area is 120 Å². The molecule has 94 valence electrons. The quantitative estimate of drug-likeness (QED) is 0.826. The minimum Gasteiger partial charge on any atom is -0.373 e. The first-order chi connectivity index (χ1) is 8.74. The normalized spacial score (nSPS) is 10.2. The maximum absolute atomic E-state index is 4.32. The SMILES string of the molecule is CCc1c(NC)ncnc1Nc1cccc(I)c1. The van der Waals surface area contributed by atoms with Crippen LogP contribution in [-0.4, -0.2) is 17.0 Å². The fourth-order valence-corrected chi connectivity index (χ4v) is 2.32. The molecule has 0 bridgehead atoms. The second-order valence-electron chi connectivity index (χ2n) is 3.79. The van der Waals surface area contributed by atoms with E-state index >= 15 is 0 Å². The molecule has 0 aliphatic rings. The summed E-state index contributed by atoms with van der Waals surface area (Å²) in [5, 5.41) is 6.43. The molecule has 1 aromatic carbocycles. The van der Waals surface area contributed by atoms with E-state index < -0.39 is 0 Å². The number of benzene rings is 1. The molecular formula is C13H15IN4. The van der Waals surface area contributed by atoms with Crippen LogP contribution in [0.3, 0.4) is 0 Å². The summed E-state index contributed by atoms with van der Waals surface area (Å²) in [7, 11) is 1.87. The molecule has 0 fully saturated rings. The summed E-state index contributed by atoms with van der Waals surface area (Å²) in [4.78, 5) is 8.54. The first-order valence-electron chi connectivity index (χ1n) is 5.78. The van der Waals surface area contributed by atoms with Crippen LogP contribution in [0.25, 0.3) is 0 Å². The number of aromatic nitrogens is 2. The maximum Gasteiger partial charge on any atom is 0.139 e. The van der Waals surface area contributed by atoms with Gasteiger partial charge in [-0.3, -0.25) is 0 Å². The van der Waals surface area contributed by atoms with Crippen LogP contribution >= 0.6 is 22.6 Å². The summed E-state index contributed by atoms with van der Waals surface area (Å²) in [6.07, 6.45) is 2.45. The number of nitrogens with one attached hydrogen (secondary N) is 2. The Morgan fingerprint density at radius 2 is 2.00 bits per heavy atom. The van der Waals surface area contributed by atoms with Gasteiger partial charge in [-0.25, -0.2) is 9.97 Å². The summed E-state index contributed by atoms with van der Waals surface area (Å²) in [6, 6.07) is 8.20. The third kappa shape index (κ3) is 2.90. The van der Waals surface area contributed by atoms with E-state index in [0.29, 0.717) is 0 Å². The summed E-state index contributed by atoms with van der Waals surface area (Å²) in [5.74, 6) is 1.74. The van der Waals surface area contributed by atoms with Crippen molar-refractivity contribution in [3.8, 4) is 0 Å². The molecule has 5 heteroatoms. The fourth-order valence-electron chi connectivity index (χ4n) is 1.77. The van der Waals surface area contributed by atoms with Crippen molar-refractivity contribution in [1.82, 2.24) is 9.97 Å². The van der Waals surface area contributed by atoms with Gasteiger partial charge in [-0.15, -0.1) is 0 Å². The summed E-state index contributed by atoms with van der Waals surface area (Å²) in [6.45, 7) is 2.10. The van der Waals surface area contributed by atoms with E-state index in [1.807, 2.05) is 19.2 Å². The lowest BCUT2D eigenvalue weighted by atomic mass is 10.2. The molecule has 18 heavy (non-hydrogen) atoms. The number of rotatable bonds is 4. The zero-order valence-electron chi connectivity index (χ0n) is 10.4. The minimum atomic E-state index is 0.860. The van der Waals surface area contributed by atoms with Crippen LogP contribution in [0.4, 0.5) is 17.3 Å². The number of hydrogen-bond acceptors (Lipinski definition) is 4. The van der Waals surface area contributed by atoms with Crippen molar-refractivity contribution in [2.45, 2.75) is 13.3 Å². The van der Waals surface area contributed by atoms with E-state index in [4.69, 9.17) is 0 Å². The Morgan fingerprint density at radius 3 is 2.67 bits per heavy atom. The molecule has 0 saturated carbocycles. The van der Waals surface area contributed by atoms with Gasteiger partial charge < -0.3 is 10.6 Å². The Bertz CT molecular complexity index is 542. The van der Waals surface area contributed by atoms with E-state index in [1.165, 1.54) is 3.57 Å². The fraction of sp³-hybridized carbons (Fsp3) is 0.231. The number of halogens is 1. The number of nitrogens with zero attached hydrogens (tertiary/aromatic N) is 2. The van der Waals surface area contributed by atoms with E-state index in [-0.39, 0.29) is 0 Å². The number of hydrogen-bond donors (Lipinski definition) is 2. The second kappa shape index (κ2) is 5.99. The van der Waals surface area contributed by atoms with Crippen LogP contribution in [0.5, 0.6) is 0 Å².